The summed E-state index contributed by atoms with van der Waals surface area (Å²) in [5.41, 5.74) is 0. The van der Waals surface area contributed by atoms with E-state index in [1.165, 1.54) is 0 Å². The lowest BCUT2D eigenvalue weighted by molar-refractivity contribution is 0.687. The molecule has 0 aliphatic rings. The highest BCUT2D eigenvalue weighted by Gasteiger charge is 1.93. The molecule has 2 nitrogen and oxygen atoms in total. The molecule has 0 aromatic rings. The zero-order valence-corrected chi connectivity index (χ0v) is 9.53. The van der Waals surface area contributed by atoms with Crippen LogP contribution >= 0.6 is 0 Å². The standard InChI is InChI=1S/C9H16O2S2/c1-3-6-12(10)8-5-9-13(11)7-4-2/h3,5,9H,1,4,6-8H2,2H3/b9-5-. The molecule has 4 heteroatoms. The molecule has 2 unspecified atom stereocenters. The number of hydrogen-bond acceptors (Lipinski definition) is 2. The molecule has 0 spiro atoms. The van der Waals surface area contributed by atoms with Gasteiger partial charge in [0.2, 0.25) is 0 Å². The van der Waals surface area contributed by atoms with Crippen LogP contribution in [-0.4, -0.2) is 25.7 Å². The molecule has 0 aliphatic heterocycles. The maximum atomic E-state index is 11.1. The Bertz CT molecular complexity index is 222. The van der Waals surface area contributed by atoms with Crippen LogP contribution in [0.25, 0.3) is 0 Å². The minimum Gasteiger partial charge on any atom is -0.259 e. The molecule has 0 aliphatic carbocycles. The summed E-state index contributed by atoms with van der Waals surface area (Å²) in [7, 11) is -1.76. The molecular weight excluding hydrogens is 204 g/mol. The smallest absolute Gasteiger partial charge is 0.0452 e. The molecular formula is C9H16O2S2. The Morgan fingerprint density at radius 1 is 1.31 bits per heavy atom. The van der Waals surface area contributed by atoms with Crippen LogP contribution in [0.1, 0.15) is 13.3 Å². The number of rotatable bonds is 7. The van der Waals surface area contributed by atoms with Crippen molar-refractivity contribution in [2.45, 2.75) is 13.3 Å². The summed E-state index contributed by atoms with van der Waals surface area (Å²) >= 11 is 0. The maximum absolute atomic E-state index is 11.1. The second-order valence-corrected chi connectivity index (χ2v) is 5.51. The maximum Gasteiger partial charge on any atom is 0.0452 e. The lowest BCUT2D eigenvalue weighted by Gasteiger charge is -1.92. The summed E-state index contributed by atoms with van der Waals surface area (Å²) in [6.07, 6.45) is 4.27. The lowest BCUT2D eigenvalue weighted by Crippen LogP contribution is -1.98. The van der Waals surface area contributed by atoms with E-state index in [0.29, 0.717) is 17.3 Å². The fourth-order valence-corrected chi connectivity index (χ4v) is 2.40. The Hall–Kier alpha value is -0.220. The molecule has 0 saturated carbocycles. The average molecular weight is 220 g/mol. The highest BCUT2D eigenvalue weighted by molar-refractivity contribution is 7.88. The van der Waals surface area contributed by atoms with Gasteiger partial charge in [-0.15, -0.1) is 6.58 Å². The Labute approximate surface area is 85.0 Å². The summed E-state index contributed by atoms with van der Waals surface area (Å²) in [6.45, 7) is 5.48. The molecule has 0 aromatic heterocycles. The molecule has 0 aromatic carbocycles. The van der Waals surface area contributed by atoms with Crippen LogP contribution in [0.15, 0.2) is 24.1 Å². The first-order chi connectivity index (χ1) is 6.20. The van der Waals surface area contributed by atoms with Crippen molar-refractivity contribution in [2.24, 2.45) is 0 Å². The van der Waals surface area contributed by atoms with Crippen molar-refractivity contribution in [3.63, 3.8) is 0 Å². The van der Waals surface area contributed by atoms with Crippen LogP contribution < -0.4 is 0 Å². The fourth-order valence-electron chi connectivity index (χ4n) is 0.723. The van der Waals surface area contributed by atoms with E-state index in [4.69, 9.17) is 0 Å². The molecule has 0 bridgehead atoms. The van der Waals surface area contributed by atoms with Crippen LogP contribution in [0.4, 0.5) is 0 Å². The van der Waals surface area contributed by atoms with Gasteiger partial charge in [0.25, 0.3) is 0 Å². The molecule has 76 valence electrons. The quantitative estimate of drug-likeness (QED) is 0.611. The van der Waals surface area contributed by atoms with E-state index >= 15 is 0 Å². The highest BCUT2D eigenvalue weighted by atomic mass is 32.2. The van der Waals surface area contributed by atoms with E-state index in [9.17, 15) is 8.42 Å². The zero-order chi connectivity index (χ0) is 10.1. The van der Waals surface area contributed by atoms with Gasteiger partial charge < -0.3 is 0 Å². The monoisotopic (exact) mass is 220 g/mol. The Morgan fingerprint density at radius 2 is 2.00 bits per heavy atom. The molecule has 0 saturated heterocycles. The van der Waals surface area contributed by atoms with Crippen LogP contribution in [0.5, 0.6) is 0 Å². The zero-order valence-electron chi connectivity index (χ0n) is 7.90. The van der Waals surface area contributed by atoms with E-state index in [-0.39, 0.29) is 0 Å². The summed E-state index contributed by atoms with van der Waals surface area (Å²) in [6, 6.07) is 0. The van der Waals surface area contributed by atoms with Crippen molar-refractivity contribution >= 4 is 21.6 Å². The first-order valence-electron chi connectivity index (χ1n) is 4.20. The second kappa shape index (κ2) is 8.38. The normalized spacial score (nSPS) is 15.8. The second-order valence-electron chi connectivity index (χ2n) is 2.52. The van der Waals surface area contributed by atoms with Gasteiger partial charge in [0, 0.05) is 38.9 Å². The molecule has 0 fully saturated rings. The average Bonchev–Trinajstić information content (AvgIpc) is 2.05. The fraction of sp³-hybridized carbons (Fsp3) is 0.556. The third kappa shape index (κ3) is 8.12. The van der Waals surface area contributed by atoms with Gasteiger partial charge in [-0.25, -0.2) is 0 Å². The first-order valence-corrected chi connectivity index (χ1v) is 7.07. The predicted molar refractivity (Wildman–Crippen MR) is 60.5 cm³/mol. The van der Waals surface area contributed by atoms with E-state index in [1.54, 1.807) is 17.6 Å². The van der Waals surface area contributed by atoms with Gasteiger partial charge in [-0.1, -0.05) is 19.1 Å². The lowest BCUT2D eigenvalue weighted by atomic mass is 10.6. The van der Waals surface area contributed by atoms with Crippen molar-refractivity contribution in [1.82, 2.24) is 0 Å². The third-order valence-electron chi connectivity index (χ3n) is 1.24. The molecule has 2 atom stereocenters. The Morgan fingerprint density at radius 3 is 2.54 bits per heavy atom. The van der Waals surface area contributed by atoms with Crippen molar-refractivity contribution in [3.05, 3.63) is 24.1 Å². The molecule has 0 radical (unpaired) electrons. The topological polar surface area (TPSA) is 34.1 Å². The van der Waals surface area contributed by atoms with Gasteiger partial charge in [-0.2, -0.15) is 0 Å². The largest absolute Gasteiger partial charge is 0.259 e. The number of hydrogen-bond donors (Lipinski definition) is 0. The van der Waals surface area contributed by atoms with E-state index in [1.807, 2.05) is 6.92 Å². The summed E-state index contributed by atoms with van der Waals surface area (Å²) in [4.78, 5) is 0. The van der Waals surface area contributed by atoms with E-state index in [0.717, 1.165) is 6.42 Å². The molecule has 0 heterocycles. The van der Waals surface area contributed by atoms with Crippen LogP contribution in [0, 0.1) is 0 Å². The molecule has 0 amide bonds. The minimum absolute atomic E-state index is 0.474. The van der Waals surface area contributed by atoms with Crippen molar-refractivity contribution in [1.29, 1.82) is 0 Å². The first kappa shape index (κ1) is 12.8. The van der Waals surface area contributed by atoms with Gasteiger partial charge in [-0.3, -0.25) is 8.42 Å². The van der Waals surface area contributed by atoms with Gasteiger partial charge in [-0.05, 0) is 11.8 Å². The minimum atomic E-state index is -0.881. The Balaban J connectivity index is 3.67. The third-order valence-corrected chi connectivity index (χ3v) is 3.72. The van der Waals surface area contributed by atoms with E-state index in [2.05, 4.69) is 6.58 Å². The summed E-state index contributed by atoms with van der Waals surface area (Å²) in [5.74, 6) is 1.66. The van der Waals surface area contributed by atoms with Gasteiger partial charge in [0.15, 0.2) is 0 Å². The molecule has 0 N–H and O–H groups in total. The van der Waals surface area contributed by atoms with Crippen LogP contribution in [-0.2, 0) is 21.6 Å². The van der Waals surface area contributed by atoms with Gasteiger partial charge in [0.1, 0.15) is 0 Å². The SMILES string of the molecule is C=CCS(=O)C/C=C\S(=O)CCC. The van der Waals surface area contributed by atoms with Crippen LogP contribution in [0.3, 0.4) is 0 Å². The van der Waals surface area contributed by atoms with E-state index < -0.39 is 21.6 Å². The predicted octanol–water partition coefficient (Wildman–Crippen LogP) is 1.59. The van der Waals surface area contributed by atoms with Crippen molar-refractivity contribution in [2.75, 3.05) is 17.3 Å². The highest BCUT2D eigenvalue weighted by Crippen LogP contribution is 1.91. The van der Waals surface area contributed by atoms with Crippen molar-refractivity contribution in [3.8, 4) is 0 Å². The Kier molecular flexibility index (Phi) is 8.24. The van der Waals surface area contributed by atoms with Gasteiger partial charge in [0.05, 0.1) is 0 Å². The van der Waals surface area contributed by atoms with Crippen molar-refractivity contribution < 1.29 is 8.42 Å². The van der Waals surface area contributed by atoms with Crippen LogP contribution in [0.2, 0.25) is 0 Å². The summed E-state index contributed by atoms with van der Waals surface area (Å²) in [5, 5.41) is 1.63. The van der Waals surface area contributed by atoms with Gasteiger partial charge >= 0.3 is 0 Å². The molecule has 0 rings (SSSR count). The molecule has 13 heavy (non-hydrogen) atoms. The summed E-state index contributed by atoms with van der Waals surface area (Å²) < 4.78 is 22.2.